The van der Waals surface area contributed by atoms with Crippen LogP contribution in [0, 0.1) is 17.6 Å². The number of nitrogens with one attached hydrogen (secondary N) is 3. The Labute approximate surface area is 235 Å². The molecule has 2 fully saturated rings. The molecule has 42 heavy (non-hydrogen) atoms. The van der Waals surface area contributed by atoms with Crippen LogP contribution in [0.15, 0.2) is 18.2 Å². The number of imidazole rings is 1. The number of aromatic nitrogens is 3. The lowest BCUT2D eigenvalue weighted by Gasteiger charge is -2.32. The fourth-order valence-electron chi connectivity index (χ4n) is 5.51. The molecular weight excluding hydrogens is 569 g/mol. The minimum atomic E-state index is -4.86. The number of nitrogens with two attached hydrogens (primary N) is 1. The molecule has 0 saturated carbocycles. The lowest BCUT2D eigenvalue weighted by atomic mass is 9.77. The first-order valence-corrected chi connectivity index (χ1v) is 13.0. The van der Waals surface area contributed by atoms with Crippen LogP contribution in [-0.2, 0) is 4.74 Å². The highest BCUT2D eigenvalue weighted by molar-refractivity contribution is 6.03. The molecule has 5 N–H and O–H groups in total. The van der Waals surface area contributed by atoms with Gasteiger partial charge in [0.15, 0.2) is 22.9 Å². The summed E-state index contributed by atoms with van der Waals surface area (Å²) in [5.74, 6) is -6.95. The highest BCUT2D eigenvalue weighted by Crippen LogP contribution is 2.59. The quantitative estimate of drug-likeness (QED) is 0.329. The Kier molecular flexibility index (Phi) is 7.47. The minimum absolute atomic E-state index is 0.0466. The van der Waals surface area contributed by atoms with E-state index in [1.165, 1.54) is 17.9 Å². The SMILES string of the molecule is COc1c([C@H]2[C@H](c3nc4c(C(N)=O)nc(NC(=O)N5CCNCC5)cc4[nH]3)O[C@@](C)(C(F)(F)F)[C@H]2C)ccc(F)c1F. The number of alkyl halides is 3. The summed E-state index contributed by atoms with van der Waals surface area (Å²) in [5, 5.41) is 5.71. The summed E-state index contributed by atoms with van der Waals surface area (Å²) < 4.78 is 82.5. The Morgan fingerprint density at radius 3 is 2.52 bits per heavy atom. The zero-order valence-corrected chi connectivity index (χ0v) is 22.7. The number of carbonyl (C=O) groups excluding carboxylic acids is 2. The number of hydrogen-bond donors (Lipinski definition) is 4. The number of primary amides is 1. The van der Waals surface area contributed by atoms with Gasteiger partial charge in [-0.25, -0.2) is 19.2 Å². The monoisotopic (exact) mass is 597 g/mol. The van der Waals surface area contributed by atoms with Gasteiger partial charge in [0.2, 0.25) is 5.82 Å². The van der Waals surface area contributed by atoms with Crippen LogP contribution >= 0.6 is 0 Å². The van der Waals surface area contributed by atoms with Crippen molar-refractivity contribution < 1.29 is 41.0 Å². The average molecular weight is 598 g/mol. The van der Waals surface area contributed by atoms with E-state index in [1.54, 1.807) is 0 Å². The smallest absolute Gasteiger partial charge is 0.417 e. The van der Waals surface area contributed by atoms with E-state index in [-0.39, 0.29) is 33.9 Å². The molecular formula is C26H28F5N7O4. The number of nitrogens with zero attached hydrogens (tertiary/aromatic N) is 3. The topological polar surface area (TPSA) is 147 Å². The zero-order chi connectivity index (χ0) is 30.6. The molecule has 2 aliphatic rings. The van der Waals surface area contributed by atoms with Gasteiger partial charge in [0.05, 0.1) is 12.6 Å². The Bertz CT molecular complexity index is 1540. The van der Waals surface area contributed by atoms with Gasteiger partial charge in [-0.3, -0.25) is 10.1 Å². The molecule has 2 aromatic heterocycles. The molecule has 226 valence electrons. The van der Waals surface area contributed by atoms with Crippen molar-refractivity contribution in [1.29, 1.82) is 0 Å². The number of pyridine rings is 1. The molecule has 0 unspecified atom stereocenters. The van der Waals surface area contributed by atoms with E-state index < -0.39 is 59.0 Å². The molecule has 0 bridgehead atoms. The van der Waals surface area contributed by atoms with E-state index in [0.717, 1.165) is 26.2 Å². The van der Waals surface area contributed by atoms with Crippen LogP contribution in [-0.4, -0.2) is 76.9 Å². The minimum Gasteiger partial charge on any atom is -0.493 e. The van der Waals surface area contributed by atoms with Crippen LogP contribution in [0.3, 0.4) is 0 Å². The number of anilines is 1. The summed E-state index contributed by atoms with van der Waals surface area (Å²) in [6.07, 6.45) is -6.35. The van der Waals surface area contributed by atoms with Crippen molar-refractivity contribution in [3.63, 3.8) is 0 Å². The van der Waals surface area contributed by atoms with Crippen molar-refractivity contribution in [3.05, 3.63) is 46.9 Å². The highest BCUT2D eigenvalue weighted by atomic mass is 19.4. The molecule has 0 spiro atoms. The van der Waals surface area contributed by atoms with Crippen molar-refractivity contribution >= 4 is 28.8 Å². The zero-order valence-electron chi connectivity index (χ0n) is 22.7. The lowest BCUT2D eigenvalue weighted by molar-refractivity contribution is -0.275. The first-order chi connectivity index (χ1) is 19.8. The normalized spacial score (nSPS) is 24.7. The Morgan fingerprint density at radius 1 is 1.21 bits per heavy atom. The van der Waals surface area contributed by atoms with Gasteiger partial charge in [-0.05, 0) is 13.0 Å². The number of carbonyl (C=O) groups is 2. The van der Waals surface area contributed by atoms with Gasteiger partial charge < -0.3 is 30.4 Å². The van der Waals surface area contributed by atoms with Gasteiger partial charge in [0.25, 0.3) is 5.91 Å². The van der Waals surface area contributed by atoms with Gasteiger partial charge in [-0.1, -0.05) is 13.0 Å². The third-order valence-electron chi connectivity index (χ3n) is 7.94. The second-order valence-corrected chi connectivity index (χ2v) is 10.3. The van der Waals surface area contributed by atoms with Crippen LogP contribution in [0.4, 0.5) is 32.6 Å². The summed E-state index contributed by atoms with van der Waals surface area (Å²) in [4.78, 5) is 37.9. The van der Waals surface area contributed by atoms with E-state index in [2.05, 4.69) is 25.6 Å². The molecule has 0 radical (unpaired) electrons. The summed E-state index contributed by atoms with van der Waals surface area (Å²) >= 11 is 0. The maximum atomic E-state index is 14.7. The van der Waals surface area contributed by atoms with Gasteiger partial charge in [0, 0.05) is 49.6 Å². The predicted octanol–water partition coefficient (Wildman–Crippen LogP) is 3.59. The number of fused-ring (bicyclic) bond motifs is 1. The number of hydrogen-bond acceptors (Lipinski definition) is 7. The number of halogens is 5. The summed E-state index contributed by atoms with van der Waals surface area (Å²) in [6, 6.07) is 2.81. The first-order valence-electron chi connectivity index (χ1n) is 13.0. The van der Waals surface area contributed by atoms with E-state index >= 15 is 0 Å². The fourth-order valence-corrected chi connectivity index (χ4v) is 5.51. The average Bonchev–Trinajstić information content (AvgIpc) is 3.49. The number of urea groups is 1. The number of amides is 3. The van der Waals surface area contributed by atoms with Crippen molar-refractivity contribution in [1.82, 2.24) is 25.2 Å². The lowest BCUT2D eigenvalue weighted by Crippen LogP contribution is -2.48. The molecule has 4 atom stereocenters. The third kappa shape index (κ3) is 4.87. The van der Waals surface area contributed by atoms with Gasteiger partial charge in [0.1, 0.15) is 23.3 Å². The first kappa shape index (κ1) is 29.4. The number of ether oxygens (including phenoxy) is 2. The molecule has 4 heterocycles. The van der Waals surface area contributed by atoms with Crippen molar-refractivity contribution in [2.24, 2.45) is 11.7 Å². The summed E-state index contributed by atoms with van der Waals surface area (Å²) in [6.45, 7) is 4.21. The molecule has 3 amide bonds. The van der Waals surface area contributed by atoms with Crippen LogP contribution < -0.4 is 21.1 Å². The second-order valence-electron chi connectivity index (χ2n) is 10.3. The largest absolute Gasteiger partial charge is 0.493 e. The third-order valence-corrected chi connectivity index (χ3v) is 7.94. The number of piperazine rings is 1. The van der Waals surface area contributed by atoms with E-state index in [0.29, 0.717) is 26.2 Å². The van der Waals surface area contributed by atoms with Gasteiger partial charge in [-0.2, -0.15) is 17.6 Å². The standard InChI is InChI=1S/C26H28F5N7O4/c1-11-16(12-4-5-13(27)17(28)20(12)41-3)21(42-25(11,2)26(29,30)31)23-34-14-10-15(35-19(22(32)39)18(14)37-23)36-24(40)38-8-6-33-7-9-38/h4-5,10-11,16,21,33H,6-9H2,1-3H3,(H2,32,39)(H,34,37)(H,35,36,40)/t11-,16-,21+,25+/m0/s1. The predicted molar refractivity (Wildman–Crippen MR) is 139 cm³/mol. The molecule has 3 aromatic rings. The number of methoxy groups -OCH3 is 1. The van der Waals surface area contributed by atoms with Crippen molar-refractivity contribution in [2.45, 2.75) is 37.6 Å². The molecule has 1 aromatic carbocycles. The Hall–Kier alpha value is -4.05. The number of benzene rings is 1. The maximum absolute atomic E-state index is 14.7. The van der Waals surface area contributed by atoms with E-state index in [9.17, 15) is 31.5 Å². The molecule has 16 heteroatoms. The number of rotatable bonds is 5. The fraction of sp³-hybridized carbons (Fsp3) is 0.462. The maximum Gasteiger partial charge on any atom is 0.417 e. The van der Waals surface area contributed by atoms with Crippen LogP contribution in [0.1, 0.15) is 47.7 Å². The molecule has 11 nitrogen and oxygen atoms in total. The van der Waals surface area contributed by atoms with Crippen LogP contribution in [0.2, 0.25) is 0 Å². The molecule has 2 aliphatic heterocycles. The summed E-state index contributed by atoms with van der Waals surface area (Å²) in [5.41, 5.74) is 2.43. The molecule has 5 rings (SSSR count). The Balaban J connectivity index is 1.61. The number of aromatic amines is 1. The second kappa shape index (κ2) is 10.7. The van der Waals surface area contributed by atoms with Crippen molar-refractivity contribution in [3.8, 4) is 5.75 Å². The summed E-state index contributed by atoms with van der Waals surface area (Å²) in [7, 11) is 1.07. The molecule has 2 saturated heterocycles. The van der Waals surface area contributed by atoms with Gasteiger partial charge in [-0.15, -0.1) is 0 Å². The van der Waals surface area contributed by atoms with Gasteiger partial charge >= 0.3 is 12.2 Å². The number of H-pyrrole nitrogens is 1. The van der Waals surface area contributed by atoms with Crippen LogP contribution in [0.25, 0.3) is 11.0 Å². The van der Waals surface area contributed by atoms with Crippen LogP contribution in [0.5, 0.6) is 5.75 Å². The molecule has 0 aliphatic carbocycles. The van der Waals surface area contributed by atoms with E-state index in [4.69, 9.17) is 15.2 Å². The van der Waals surface area contributed by atoms with Crippen molar-refractivity contribution in [2.75, 3.05) is 38.6 Å². The Morgan fingerprint density at radius 2 is 1.90 bits per heavy atom. The van der Waals surface area contributed by atoms with E-state index in [1.807, 2.05) is 0 Å². The highest BCUT2D eigenvalue weighted by Gasteiger charge is 2.65.